The van der Waals surface area contributed by atoms with Crippen molar-refractivity contribution in [1.82, 2.24) is 4.98 Å². The number of nitrogens with zero attached hydrogens (tertiary/aromatic N) is 1. The molecular weight excluding hydrogens is 276 g/mol. The molecule has 2 unspecified atom stereocenters. The Morgan fingerprint density at radius 1 is 1.29 bits per heavy atom. The Morgan fingerprint density at radius 2 is 2.12 bits per heavy atom. The van der Waals surface area contributed by atoms with Crippen molar-refractivity contribution in [3.8, 4) is 0 Å². The van der Waals surface area contributed by atoms with E-state index in [1.54, 1.807) is 0 Å². The number of pyridine rings is 1. The summed E-state index contributed by atoms with van der Waals surface area (Å²) in [5, 5.41) is 3.58. The van der Waals surface area contributed by atoms with Crippen molar-refractivity contribution in [3.05, 3.63) is 22.3 Å². The molecular formula is C14H21BrN2. The van der Waals surface area contributed by atoms with Crippen molar-refractivity contribution >= 4 is 21.7 Å². The van der Waals surface area contributed by atoms with Crippen LogP contribution in [0.4, 0.5) is 5.82 Å². The van der Waals surface area contributed by atoms with Crippen LogP contribution in [0.15, 0.2) is 16.7 Å². The van der Waals surface area contributed by atoms with E-state index in [0.717, 1.165) is 16.2 Å². The highest BCUT2D eigenvalue weighted by Gasteiger charge is 2.16. The lowest BCUT2D eigenvalue weighted by Gasteiger charge is -2.17. The second kappa shape index (κ2) is 5.85. The molecule has 1 aromatic heterocycles. The van der Waals surface area contributed by atoms with E-state index in [4.69, 9.17) is 0 Å². The molecule has 0 radical (unpaired) electrons. The van der Waals surface area contributed by atoms with E-state index in [9.17, 15) is 0 Å². The first-order chi connectivity index (χ1) is 8.15. The van der Waals surface area contributed by atoms with Gasteiger partial charge in [-0.3, -0.25) is 0 Å². The molecule has 0 amide bonds. The number of halogens is 1. The van der Waals surface area contributed by atoms with Crippen molar-refractivity contribution < 1.29 is 0 Å². The highest BCUT2D eigenvalue weighted by molar-refractivity contribution is 9.10. The van der Waals surface area contributed by atoms with Gasteiger partial charge in [0.1, 0.15) is 5.82 Å². The Hall–Kier alpha value is -0.570. The molecule has 1 fully saturated rings. The van der Waals surface area contributed by atoms with Crippen LogP contribution >= 0.6 is 15.9 Å². The van der Waals surface area contributed by atoms with Gasteiger partial charge >= 0.3 is 0 Å². The lowest BCUT2D eigenvalue weighted by Crippen LogP contribution is -2.19. The molecule has 1 N–H and O–H groups in total. The van der Waals surface area contributed by atoms with Crippen LogP contribution in [0.3, 0.4) is 0 Å². The van der Waals surface area contributed by atoms with Crippen molar-refractivity contribution in [2.45, 2.75) is 52.0 Å². The van der Waals surface area contributed by atoms with Crippen LogP contribution in [0.25, 0.3) is 0 Å². The summed E-state index contributed by atoms with van der Waals surface area (Å²) < 4.78 is 1.08. The number of hydrogen-bond donors (Lipinski definition) is 1. The first-order valence-corrected chi connectivity index (χ1v) is 7.33. The maximum absolute atomic E-state index is 4.42. The summed E-state index contributed by atoms with van der Waals surface area (Å²) in [4.78, 5) is 4.42. The van der Waals surface area contributed by atoms with Crippen LogP contribution in [0.1, 0.15) is 44.6 Å². The quantitative estimate of drug-likeness (QED) is 0.811. The molecule has 0 spiro atoms. The first kappa shape index (κ1) is 12.9. The van der Waals surface area contributed by atoms with Gasteiger partial charge in [0.15, 0.2) is 0 Å². The zero-order chi connectivity index (χ0) is 12.3. The van der Waals surface area contributed by atoms with E-state index in [2.05, 4.69) is 46.1 Å². The van der Waals surface area contributed by atoms with Gasteiger partial charge in [-0.05, 0) is 59.7 Å². The summed E-state index contributed by atoms with van der Waals surface area (Å²) in [7, 11) is 0. The molecule has 1 saturated carbocycles. The molecule has 2 rings (SSSR count). The number of aryl methyl sites for hydroxylation is 1. The monoisotopic (exact) mass is 296 g/mol. The Morgan fingerprint density at radius 3 is 2.88 bits per heavy atom. The Labute approximate surface area is 112 Å². The maximum Gasteiger partial charge on any atom is 0.126 e. The van der Waals surface area contributed by atoms with E-state index in [0.29, 0.717) is 6.04 Å². The van der Waals surface area contributed by atoms with Crippen LogP contribution in [0.2, 0.25) is 0 Å². The second-order valence-corrected chi connectivity index (χ2v) is 6.13. The standard InChI is InChI=1S/C14H21BrN2/c1-10-4-3-5-12(7-6-10)17-14-8-11(2)13(15)9-16-14/h8-10,12H,3-7H2,1-2H3,(H,16,17). The van der Waals surface area contributed by atoms with Crippen LogP contribution in [-0.2, 0) is 0 Å². The lowest BCUT2D eigenvalue weighted by molar-refractivity contribution is 0.502. The van der Waals surface area contributed by atoms with Crippen molar-refractivity contribution in [1.29, 1.82) is 0 Å². The Bertz CT molecular complexity index is 378. The summed E-state index contributed by atoms with van der Waals surface area (Å²) in [5.74, 6) is 1.91. The van der Waals surface area contributed by atoms with Crippen molar-refractivity contribution in [2.24, 2.45) is 5.92 Å². The Balaban J connectivity index is 1.97. The minimum absolute atomic E-state index is 0.605. The highest BCUT2D eigenvalue weighted by Crippen LogP contribution is 2.25. The van der Waals surface area contributed by atoms with Gasteiger partial charge in [0.2, 0.25) is 0 Å². The zero-order valence-electron chi connectivity index (χ0n) is 10.7. The topological polar surface area (TPSA) is 24.9 Å². The predicted octanol–water partition coefficient (Wildman–Crippen LogP) is 4.53. The molecule has 1 aliphatic rings. The van der Waals surface area contributed by atoms with Crippen molar-refractivity contribution in [2.75, 3.05) is 5.32 Å². The molecule has 0 saturated heterocycles. The highest BCUT2D eigenvalue weighted by atomic mass is 79.9. The SMILES string of the molecule is Cc1cc(NC2CCCC(C)CC2)ncc1Br. The molecule has 3 heteroatoms. The fourth-order valence-corrected chi connectivity index (χ4v) is 2.68. The molecule has 1 heterocycles. The molecule has 94 valence electrons. The van der Waals surface area contributed by atoms with Gasteiger partial charge < -0.3 is 5.32 Å². The van der Waals surface area contributed by atoms with Gasteiger partial charge in [-0.2, -0.15) is 0 Å². The number of hydrogen-bond acceptors (Lipinski definition) is 2. The molecule has 1 aliphatic carbocycles. The maximum atomic E-state index is 4.42. The van der Waals surface area contributed by atoms with E-state index >= 15 is 0 Å². The molecule has 0 aromatic carbocycles. The molecule has 2 atom stereocenters. The first-order valence-electron chi connectivity index (χ1n) is 6.54. The Kier molecular flexibility index (Phi) is 4.43. The van der Waals surface area contributed by atoms with E-state index in [-0.39, 0.29) is 0 Å². The summed E-state index contributed by atoms with van der Waals surface area (Å²) in [6.45, 7) is 4.47. The molecule has 17 heavy (non-hydrogen) atoms. The number of anilines is 1. The summed E-state index contributed by atoms with van der Waals surface area (Å²) in [6, 6.07) is 2.73. The number of aromatic nitrogens is 1. The smallest absolute Gasteiger partial charge is 0.126 e. The van der Waals surface area contributed by atoms with Gasteiger partial charge in [-0.25, -0.2) is 4.98 Å². The zero-order valence-corrected chi connectivity index (χ0v) is 12.3. The minimum Gasteiger partial charge on any atom is -0.367 e. The van der Waals surface area contributed by atoms with Gasteiger partial charge in [0.05, 0.1) is 0 Å². The van der Waals surface area contributed by atoms with Crippen LogP contribution in [0, 0.1) is 12.8 Å². The predicted molar refractivity (Wildman–Crippen MR) is 76.3 cm³/mol. The third kappa shape index (κ3) is 3.70. The van der Waals surface area contributed by atoms with E-state index in [1.165, 1.54) is 37.7 Å². The third-order valence-corrected chi connectivity index (χ3v) is 4.49. The molecule has 2 nitrogen and oxygen atoms in total. The molecule has 1 aromatic rings. The van der Waals surface area contributed by atoms with Crippen molar-refractivity contribution in [3.63, 3.8) is 0 Å². The van der Waals surface area contributed by atoms with E-state index in [1.807, 2.05) is 6.20 Å². The summed E-state index contributed by atoms with van der Waals surface area (Å²) >= 11 is 3.48. The fourth-order valence-electron chi connectivity index (χ4n) is 2.46. The molecule has 0 aliphatic heterocycles. The summed E-state index contributed by atoms with van der Waals surface area (Å²) in [5.41, 5.74) is 1.24. The third-order valence-electron chi connectivity index (χ3n) is 3.66. The average molecular weight is 297 g/mol. The lowest BCUT2D eigenvalue weighted by atomic mass is 10.0. The molecule has 0 bridgehead atoms. The van der Waals surface area contributed by atoms with Crippen LogP contribution in [0.5, 0.6) is 0 Å². The fraction of sp³-hybridized carbons (Fsp3) is 0.643. The number of rotatable bonds is 2. The largest absolute Gasteiger partial charge is 0.367 e. The minimum atomic E-state index is 0.605. The number of nitrogens with one attached hydrogen (secondary N) is 1. The van der Waals surface area contributed by atoms with E-state index < -0.39 is 0 Å². The van der Waals surface area contributed by atoms with Gasteiger partial charge in [0.25, 0.3) is 0 Å². The van der Waals surface area contributed by atoms with Gasteiger partial charge in [0, 0.05) is 16.7 Å². The summed E-state index contributed by atoms with van der Waals surface area (Å²) in [6.07, 6.45) is 8.50. The normalized spacial score (nSPS) is 25.4. The average Bonchev–Trinajstić information content (AvgIpc) is 2.49. The van der Waals surface area contributed by atoms with Crippen LogP contribution < -0.4 is 5.32 Å². The van der Waals surface area contributed by atoms with Gasteiger partial charge in [-0.1, -0.05) is 19.8 Å². The van der Waals surface area contributed by atoms with Gasteiger partial charge in [-0.15, -0.1) is 0 Å². The second-order valence-electron chi connectivity index (χ2n) is 5.27. The van der Waals surface area contributed by atoms with Crippen LogP contribution in [-0.4, -0.2) is 11.0 Å².